The van der Waals surface area contributed by atoms with Crippen LogP contribution in [0, 0.1) is 20.8 Å². The number of hydrogen-bond donors (Lipinski definition) is 0. The summed E-state index contributed by atoms with van der Waals surface area (Å²) < 4.78 is 0. The van der Waals surface area contributed by atoms with Crippen molar-refractivity contribution < 1.29 is 4.79 Å². The Morgan fingerprint density at radius 1 is 0.833 bits per heavy atom. The van der Waals surface area contributed by atoms with Gasteiger partial charge in [0.1, 0.15) is 0 Å². The fourth-order valence-electron chi connectivity index (χ4n) is 5.21. The fraction of sp³-hybridized carbons (Fsp3) is 0.355. The molecule has 5 nitrogen and oxygen atoms in total. The molecule has 1 atom stereocenters. The molecule has 1 saturated heterocycles. The first kappa shape index (κ1) is 24.4. The lowest BCUT2D eigenvalue weighted by Crippen LogP contribution is -2.49. The second-order valence-corrected chi connectivity index (χ2v) is 10.3. The van der Waals surface area contributed by atoms with Crippen LogP contribution in [0.4, 0.5) is 0 Å². The molecule has 0 aromatic heterocycles. The van der Waals surface area contributed by atoms with Crippen molar-refractivity contribution in [3.63, 3.8) is 0 Å². The smallest absolute Gasteiger partial charge is 0.257 e. The van der Waals surface area contributed by atoms with Crippen LogP contribution in [0.5, 0.6) is 0 Å². The van der Waals surface area contributed by atoms with E-state index in [1.165, 1.54) is 22.3 Å². The van der Waals surface area contributed by atoms with Crippen molar-refractivity contribution in [2.24, 2.45) is 5.10 Å². The molecule has 1 unspecified atom stereocenters. The molecule has 36 heavy (non-hydrogen) atoms. The summed E-state index contributed by atoms with van der Waals surface area (Å²) in [4.78, 5) is 18.4. The molecule has 3 aromatic carbocycles. The van der Waals surface area contributed by atoms with Gasteiger partial charge in [0, 0.05) is 44.7 Å². The van der Waals surface area contributed by atoms with Crippen LogP contribution < -0.4 is 0 Å². The van der Waals surface area contributed by atoms with E-state index in [0.717, 1.165) is 56.0 Å². The highest BCUT2D eigenvalue weighted by Crippen LogP contribution is 2.34. The van der Waals surface area contributed by atoms with Gasteiger partial charge in [-0.2, -0.15) is 5.10 Å². The zero-order valence-corrected chi connectivity index (χ0v) is 21.7. The number of piperazine rings is 1. The number of amides is 1. The minimum atomic E-state index is -0.0626. The van der Waals surface area contributed by atoms with Crippen molar-refractivity contribution in [3.8, 4) is 0 Å². The van der Waals surface area contributed by atoms with Crippen LogP contribution >= 0.6 is 0 Å². The van der Waals surface area contributed by atoms with E-state index < -0.39 is 0 Å². The molecule has 2 aliphatic heterocycles. The number of carbonyl (C=O) groups excluding carboxylic acids is 1. The van der Waals surface area contributed by atoms with Gasteiger partial charge in [-0.25, -0.2) is 5.01 Å². The molecular formula is C31H36N4O. The first-order valence-electron chi connectivity index (χ1n) is 13.0. The molecule has 186 valence electrons. The number of hydrogen-bond acceptors (Lipinski definition) is 4. The van der Waals surface area contributed by atoms with Crippen molar-refractivity contribution >= 4 is 11.6 Å². The van der Waals surface area contributed by atoms with Crippen LogP contribution in [-0.4, -0.2) is 59.2 Å². The summed E-state index contributed by atoms with van der Waals surface area (Å²) in [5.41, 5.74) is 8.27. The highest BCUT2D eigenvalue weighted by Gasteiger charge is 2.34. The predicted molar refractivity (Wildman–Crippen MR) is 146 cm³/mol. The monoisotopic (exact) mass is 480 g/mol. The third-order valence-electron chi connectivity index (χ3n) is 7.40. The van der Waals surface area contributed by atoms with Gasteiger partial charge < -0.3 is 0 Å². The summed E-state index contributed by atoms with van der Waals surface area (Å²) in [6.45, 7) is 11.4. The second-order valence-electron chi connectivity index (χ2n) is 10.3. The van der Waals surface area contributed by atoms with E-state index in [2.05, 4.69) is 103 Å². The summed E-state index contributed by atoms with van der Waals surface area (Å²) in [7, 11) is 0. The van der Waals surface area contributed by atoms with Gasteiger partial charge in [0.15, 0.2) is 0 Å². The second kappa shape index (κ2) is 10.8. The summed E-state index contributed by atoms with van der Waals surface area (Å²) in [6, 6.07) is 25.6. The maximum Gasteiger partial charge on any atom is 0.257 e. The molecule has 5 rings (SSSR count). The number of carbonyl (C=O) groups is 1. The standard InChI is InChI=1S/C31H36N4O/c1-23-10-13-27(14-11-23)30-20-29(28-19-24(2)9-12-25(28)3)32-35(30)31(36)22-34-17-15-33(16-18-34)21-26-7-5-4-6-8-26/h4-14,19,30H,15-18,20-22H2,1-3H3. The van der Waals surface area contributed by atoms with Gasteiger partial charge in [0.25, 0.3) is 5.91 Å². The molecule has 0 spiro atoms. The molecule has 0 saturated carbocycles. The highest BCUT2D eigenvalue weighted by molar-refractivity contribution is 6.04. The number of aryl methyl sites for hydroxylation is 3. The lowest BCUT2D eigenvalue weighted by atomic mass is 9.94. The lowest BCUT2D eigenvalue weighted by molar-refractivity contribution is -0.134. The van der Waals surface area contributed by atoms with E-state index in [1.54, 1.807) is 5.01 Å². The van der Waals surface area contributed by atoms with Crippen molar-refractivity contribution in [1.29, 1.82) is 0 Å². The predicted octanol–water partition coefficient (Wildman–Crippen LogP) is 5.11. The molecule has 2 heterocycles. The van der Waals surface area contributed by atoms with Crippen molar-refractivity contribution in [2.75, 3.05) is 32.7 Å². The molecule has 2 aliphatic rings. The van der Waals surface area contributed by atoms with Gasteiger partial charge in [0.2, 0.25) is 0 Å². The lowest BCUT2D eigenvalue weighted by Gasteiger charge is -2.35. The van der Waals surface area contributed by atoms with Gasteiger partial charge in [-0.15, -0.1) is 0 Å². The SMILES string of the molecule is Cc1ccc(C2CC(c3cc(C)ccc3C)=NN2C(=O)CN2CCN(Cc3ccccc3)CC2)cc1. The first-order chi connectivity index (χ1) is 17.5. The molecule has 0 radical (unpaired) electrons. The molecule has 1 fully saturated rings. The van der Waals surface area contributed by atoms with Crippen LogP contribution in [0.25, 0.3) is 0 Å². The Bertz CT molecular complexity index is 1230. The summed E-state index contributed by atoms with van der Waals surface area (Å²) in [5, 5.41) is 6.70. The third kappa shape index (κ3) is 5.58. The molecule has 3 aromatic rings. The van der Waals surface area contributed by atoms with Crippen LogP contribution in [-0.2, 0) is 11.3 Å². The Balaban J connectivity index is 1.29. The van der Waals surface area contributed by atoms with E-state index in [-0.39, 0.29) is 11.9 Å². The quantitative estimate of drug-likeness (QED) is 0.492. The highest BCUT2D eigenvalue weighted by atomic mass is 16.2. The van der Waals surface area contributed by atoms with Crippen molar-refractivity contribution in [3.05, 3.63) is 106 Å². The average molecular weight is 481 g/mol. The molecule has 0 aliphatic carbocycles. The largest absolute Gasteiger partial charge is 0.297 e. The number of hydrazone groups is 1. The molecular weight excluding hydrogens is 444 g/mol. The van der Waals surface area contributed by atoms with Crippen molar-refractivity contribution in [2.45, 2.75) is 39.8 Å². The normalized spacial score (nSPS) is 18.9. The van der Waals surface area contributed by atoms with Gasteiger partial charge in [-0.05, 0) is 43.5 Å². The van der Waals surface area contributed by atoms with E-state index in [0.29, 0.717) is 6.54 Å². The van der Waals surface area contributed by atoms with Gasteiger partial charge in [-0.3, -0.25) is 14.6 Å². The first-order valence-corrected chi connectivity index (χ1v) is 13.0. The Morgan fingerprint density at radius 3 is 2.22 bits per heavy atom. The van der Waals surface area contributed by atoms with Crippen molar-refractivity contribution in [1.82, 2.24) is 14.8 Å². The Labute approximate surface area is 215 Å². The molecule has 0 bridgehead atoms. The molecule has 5 heteroatoms. The minimum Gasteiger partial charge on any atom is -0.297 e. The number of nitrogens with zero attached hydrogens (tertiary/aromatic N) is 4. The number of benzene rings is 3. The molecule has 0 N–H and O–H groups in total. The van der Waals surface area contributed by atoms with E-state index in [1.807, 2.05) is 0 Å². The van der Waals surface area contributed by atoms with Crippen LogP contribution in [0.1, 0.15) is 45.8 Å². The van der Waals surface area contributed by atoms with Gasteiger partial charge in [0.05, 0.1) is 18.3 Å². The summed E-state index contributed by atoms with van der Waals surface area (Å²) in [5.74, 6) is 0.0809. The summed E-state index contributed by atoms with van der Waals surface area (Å²) in [6.07, 6.45) is 0.740. The van der Waals surface area contributed by atoms with Gasteiger partial charge >= 0.3 is 0 Å². The third-order valence-corrected chi connectivity index (χ3v) is 7.40. The van der Waals surface area contributed by atoms with E-state index in [9.17, 15) is 4.79 Å². The maximum atomic E-state index is 13.6. The Hall–Kier alpha value is -3.28. The minimum absolute atomic E-state index is 0.0626. The topological polar surface area (TPSA) is 39.2 Å². The zero-order valence-electron chi connectivity index (χ0n) is 21.7. The Morgan fingerprint density at radius 2 is 1.50 bits per heavy atom. The fourth-order valence-corrected chi connectivity index (χ4v) is 5.21. The van der Waals surface area contributed by atoms with E-state index in [4.69, 9.17) is 5.10 Å². The summed E-state index contributed by atoms with van der Waals surface area (Å²) >= 11 is 0. The van der Waals surface area contributed by atoms with Crippen LogP contribution in [0.3, 0.4) is 0 Å². The van der Waals surface area contributed by atoms with Crippen LogP contribution in [0.15, 0.2) is 77.9 Å². The van der Waals surface area contributed by atoms with Crippen LogP contribution in [0.2, 0.25) is 0 Å². The maximum absolute atomic E-state index is 13.6. The van der Waals surface area contributed by atoms with Gasteiger partial charge in [-0.1, -0.05) is 77.9 Å². The average Bonchev–Trinajstić information content (AvgIpc) is 3.33. The van der Waals surface area contributed by atoms with E-state index >= 15 is 0 Å². The molecule has 1 amide bonds. The zero-order chi connectivity index (χ0) is 25.1. The number of rotatable bonds is 6. The Kier molecular flexibility index (Phi) is 7.30.